The number of aliphatic imine (C=N–C) groups is 1. The van der Waals surface area contributed by atoms with Crippen LogP contribution >= 0.6 is 34.8 Å². The molecule has 2 N–H and O–H groups in total. The Morgan fingerprint density at radius 1 is 1.17 bits per heavy atom. The Morgan fingerprint density at radius 2 is 1.69 bits per heavy atom. The number of amides is 1. The van der Waals surface area contributed by atoms with E-state index in [1.165, 1.54) is 6.20 Å². The smallest absolute Gasteiger partial charge is 0.258 e. The van der Waals surface area contributed by atoms with Gasteiger partial charge >= 0.3 is 0 Å². The molecule has 1 aromatic rings. The van der Waals surface area contributed by atoms with Gasteiger partial charge in [-0.2, -0.15) is 0 Å². The molecule has 1 amide bonds. The molecular weight excluding hydrogens is 611 g/mol. The first kappa shape index (κ1) is 36.7. The summed E-state index contributed by atoms with van der Waals surface area (Å²) in [6.07, 6.45) is 6.68. The fourth-order valence-corrected chi connectivity index (χ4v) is 9.25. The normalized spacial score (nSPS) is 21.3. The number of ketones is 1. The first-order valence-corrected chi connectivity index (χ1v) is 18.6. The van der Waals surface area contributed by atoms with E-state index in [0.29, 0.717) is 22.2 Å². The van der Waals surface area contributed by atoms with Crippen LogP contribution in [0.5, 0.6) is 0 Å². The van der Waals surface area contributed by atoms with Gasteiger partial charge in [-0.05, 0) is 56.2 Å². The lowest BCUT2D eigenvalue weighted by Gasteiger charge is -2.38. The van der Waals surface area contributed by atoms with Crippen molar-refractivity contribution in [3.63, 3.8) is 0 Å². The van der Waals surface area contributed by atoms with E-state index in [1.807, 2.05) is 6.92 Å². The van der Waals surface area contributed by atoms with Crippen molar-refractivity contribution in [3.05, 3.63) is 39.8 Å². The van der Waals surface area contributed by atoms with Crippen molar-refractivity contribution in [1.29, 1.82) is 0 Å². The van der Waals surface area contributed by atoms with Crippen LogP contribution < -0.4 is 5.73 Å². The third-order valence-corrected chi connectivity index (χ3v) is 14.3. The maximum atomic E-state index is 14.2. The standard InChI is InChI=1S/C31H49Cl3N4O3Si/c1-9-42(10-2,11-3)41-26(27-24(32)17-36-18-25(27)33)19-38(20-30(5,6)7)29(40)23(16-35)28(34)37-22-12-14-31(8,15-13-22)21(4)39/h16-18,22,26H,9-15,19-20,35H2,1-8H3. The molecule has 2 rings (SSSR count). The van der Waals surface area contributed by atoms with Gasteiger partial charge in [0.25, 0.3) is 5.91 Å². The van der Waals surface area contributed by atoms with Crippen molar-refractivity contribution in [2.24, 2.45) is 21.6 Å². The van der Waals surface area contributed by atoms with Crippen LogP contribution in [0.1, 0.15) is 92.7 Å². The maximum Gasteiger partial charge on any atom is 0.258 e. The van der Waals surface area contributed by atoms with Crippen LogP contribution in [-0.4, -0.2) is 54.2 Å². The van der Waals surface area contributed by atoms with Gasteiger partial charge in [0.15, 0.2) is 8.32 Å². The van der Waals surface area contributed by atoms with Gasteiger partial charge in [-0.1, -0.05) is 83.3 Å². The molecule has 0 radical (unpaired) electrons. The number of nitrogens with zero attached hydrogens (tertiary/aromatic N) is 3. The third-order valence-electron chi connectivity index (χ3n) is 8.70. The summed E-state index contributed by atoms with van der Waals surface area (Å²) in [5, 5.41) is 0.867. The number of hydrogen-bond donors (Lipinski definition) is 1. The molecule has 1 aliphatic carbocycles. The number of hydrogen-bond acceptors (Lipinski definition) is 6. The van der Waals surface area contributed by atoms with Gasteiger partial charge in [0, 0.05) is 36.1 Å². The molecule has 0 bridgehead atoms. The molecule has 1 aliphatic rings. The molecule has 7 nitrogen and oxygen atoms in total. The lowest BCUT2D eigenvalue weighted by Crippen LogP contribution is -2.45. The summed E-state index contributed by atoms with van der Waals surface area (Å²) < 4.78 is 6.97. The van der Waals surface area contributed by atoms with Crippen LogP contribution in [0, 0.1) is 10.8 Å². The lowest BCUT2D eigenvalue weighted by molar-refractivity contribution is -0.129. The minimum atomic E-state index is -2.16. The summed E-state index contributed by atoms with van der Waals surface area (Å²) in [6.45, 7) is 16.9. The molecule has 1 atom stereocenters. The van der Waals surface area contributed by atoms with Crippen LogP contribution in [0.15, 0.2) is 29.2 Å². The second-order valence-electron chi connectivity index (χ2n) is 13.0. The van der Waals surface area contributed by atoms with Crippen molar-refractivity contribution >= 4 is 60.0 Å². The van der Waals surface area contributed by atoms with E-state index in [4.69, 9.17) is 50.0 Å². The number of aromatic nitrogens is 1. The monoisotopic (exact) mass is 658 g/mol. The molecule has 236 valence electrons. The molecule has 1 unspecified atom stereocenters. The first-order chi connectivity index (χ1) is 19.5. The molecular formula is C31H49Cl3N4O3Si. The highest BCUT2D eigenvalue weighted by atomic mass is 35.5. The van der Waals surface area contributed by atoms with E-state index in [2.05, 4.69) is 46.5 Å². The largest absolute Gasteiger partial charge is 0.408 e. The SMILES string of the molecule is CC[Si](CC)(CC)OC(CN(CC(C)(C)C)C(=O)C(=CN)C(Cl)=NC1CCC(C)(C(C)=O)CC1)c1c(Cl)cncc1Cl. The van der Waals surface area contributed by atoms with Crippen LogP contribution in [0.25, 0.3) is 0 Å². The molecule has 0 spiro atoms. The topological polar surface area (TPSA) is 97.9 Å². The second kappa shape index (κ2) is 15.5. The highest BCUT2D eigenvalue weighted by molar-refractivity contribution is 6.73. The average Bonchev–Trinajstić information content (AvgIpc) is 2.92. The Kier molecular flexibility index (Phi) is 13.6. The molecule has 1 fully saturated rings. The number of halogens is 3. The number of carbonyl (C=O) groups excluding carboxylic acids is 2. The highest BCUT2D eigenvalue weighted by Gasteiger charge is 2.38. The number of carbonyl (C=O) groups is 2. The molecule has 42 heavy (non-hydrogen) atoms. The van der Waals surface area contributed by atoms with E-state index in [1.54, 1.807) is 24.2 Å². The second-order valence-corrected chi connectivity index (χ2v) is 18.9. The number of Topliss-reactive ketones (excluding diaryl/α,β-unsaturated/α-hetero) is 1. The predicted molar refractivity (Wildman–Crippen MR) is 178 cm³/mol. The van der Waals surface area contributed by atoms with Crippen molar-refractivity contribution in [3.8, 4) is 0 Å². The Bertz CT molecular complexity index is 1130. The van der Waals surface area contributed by atoms with Crippen LogP contribution in [0.4, 0.5) is 0 Å². The van der Waals surface area contributed by atoms with Gasteiger partial charge in [0.2, 0.25) is 0 Å². The zero-order valence-corrected chi connectivity index (χ0v) is 29.8. The summed E-state index contributed by atoms with van der Waals surface area (Å²) in [4.78, 5) is 36.8. The minimum Gasteiger partial charge on any atom is -0.408 e. The van der Waals surface area contributed by atoms with Gasteiger partial charge in [-0.15, -0.1) is 0 Å². The van der Waals surface area contributed by atoms with Crippen molar-refractivity contribution < 1.29 is 14.0 Å². The molecule has 0 aliphatic heterocycles. The summed E-state index contributed by atoms with van der Waals surface area (Å²) in [5.41, 5.74) is 6.21. The maximum absolute atomic E-state index is 14.2. The molecule has 1 aromatic heterocycles. The van der Waals surface area contributed by atoms with E-state index in [0.717, 1.165) is 43.8 Å². The molecule has 0 aromatic carbocycles. The molecule has 1 heterocycles. The zero-order valence-electron chi connectivity index (χ0n) is 26.5. The number of pyridine rings is 1. The average molecular weight is 660 g/mol. The molecule has 0 saturated heterocycles. The van der Waals surface area contributed by atoms with Crippen molar-refractivity contribution in [2.45, 2.75) is 111 Å². The van der Waals surface area contributed by atoms with Gasteiger partial charge < -0.3 is 15.1 Å². The van der Waals surface area contributed by atoms with Crippen LogP contribution in [-0.2, 0) is 14.0 Å². The molecule has 11 heteroatoms. The summed E-state index contributed by atoms with van der Waals surface area (Å²) in [5.74, 6) is -0.142. The van der Waals surface area contributed by atoms with Crippen LogP contribution in [0.3, 0.4) is 0 Å². The van der Waals surface area contributed by atoms with E-state index in [9.17, 15) is 9.59 Å². The van der Waals surface area contributed by atoms with E-state index in [-0.39, 0.29) is 45.9 Å². The van der Waals surface area contributed by atoms with E-state index >= 15 is 0 Å². The zero-order chi connectivity index (χ0) is 31.9. The Morgan fingerprint density at radius 3 is 2.12 bits per heavy atom. The van der Waals surface area contributed by atoms with Gasteiger partial charge in [-0.3, -0.25) is 19.6 Å². The fraction of sp³-hybridized carbons (Fsp3) is 0.677. The Hall–Kier alpha value is -1.45. The number of rotatable bonds is 13. The van der Waals surface area contributed by atoms with Crippen molar-refractivity contribution in [2.75, 3.05) is 13.1 Å². The minimum absolute atomic E-state index is 0.0784. The fourth-order valence-electron chi connectivity index (χ4n) is 5.56. The molecule has 1 saturated carbocycles. The summed E-state index contributed by atoms with van der Waals surface area (Å²) in [6, 6.07) is 2.67. The quantitative estimate of drug-likeness (QED) is 0.130. The summed E-state index contributed by atoms with van der Waals surface area (Å²) >= 11 is 20.0. The highest BCUT2D eigenvalue weighted by Crippen LogP contribution is 2.39. The van der Waals surface area contributed by atoms with Gasteiger partial charge in [0.1, 0.15) is 11.0 Å². The Labute approximate surface area is 268 Å². The van der Waals surface area contributed by atoms with Gasteiger partial charge in [0.05, 0.1) is 34.3 Å². The van der Waals surface area contributed by atoms with Gasteiger partial charge in [-0.25, -0.2) is 0 Å². The lowest BCUT2D eigenvalue weighted by atomic mass is 9.72. The van der Waals surface area contributed by atoms with Crippen LogP contribution in [0.2, 0.25) is 28.2 Å². The Balaban J connectivity index is 2.47. The third kappa shape index (κ3) is 9.52. The number of nitrogens with two attached hydrogens (primary N) is 1. The predicted octanol–water partition coefficient (Wildman–Crippen LogP) is 8.34. The van der Waals surface area contributed by atoms with E-state index < -0.39 is 14.4 Å². The summed E-state index contributed by atoms with van der Waals surface area (Å²) in [7, 11) is -2.16. The van der Waals surface area contributed by atoms with Crippen molar-refractivity contribution in [1.82, 2.24) is 9.88 Å². The first-order valence-electron chi connectivity index (χ1n) is 15.0.